The fourth-order valence-electron chi connectivity index (χ4n) is 1.97. The van der Waals surface area contributed by atoms with Crippen molar-refractivity contribution in [3.05, 3.63) is 57.5 Å². The van der Waals surface area contributed by atoms with Gasteiger partial charge in [0, 0.05) is 17.5 Å². The van der Waals surface area contributed by atoms with Crippen molar-refractivity contribution in [3.63, 3.8) is 0 Å². The summed E-state index contributed by atoms with van der Waals surface area (Å²) in [6, 6.07) is 5.13. The van der Waals surface area contributed by atoms with E-state index in [0.29, 0.717) is 0 Å². The summed E-state index contributed by atoms with van der Waals surface area (Å²) in [7, 11) is 0. The third kappa shape index (κ3) is 3.64. The molecule has 0 radical (unpaired) electrons. The zero-order valence-electron chi connectivity index (χ0n) is 11.7. The second-order valence-corrected chi connectivity index (χ2v) is 6.10. The van der Waals surface area contributed by atoms with E-state index in [1.165, 1.54) is 11.3 Å². The molecule has 2 unspecified atom stereocenters. The average Bonchev–Trinajstić information content (AvgIpc) is 2.96. The number of hydrogen-bond acceptors (Lipinski definition) is 3. The van der Waals surface area contributed by atoms with Gasteiger partial charge in [0.25, 0.3) is 0 Å². The Morgan fingerprint density at radius 3 is 2.43 bits per heavy atom. The van der Waals surface area contributed by atoms with Crippen LogP contribution in [0.15, 0.2) is 29.6 Å². The Kier molecular flexibility index (Phi) is 4.70. The van der Waals surface area contributed by atoms with Gasteiger partial charge in [0.15, 0.2) is 17.5 Å². The molecule has 114 valence electrons. The Morgan fingerprint density at radius 1 is 1.29 bits per heavy atom. The van der Waals surface area contributed by atoms with E-state index in [1.54, 1.807) is 13.8 Å². The molecule has 2 aromatic rings. The summed E-state index contributed by atoms with van der Waals surface area (Å²) >= 11 is 1.42. The van der Waals surface area contributed by atoms with Gasteiger partial charge in [-0.15, -0.1) is 11.3 Å². The molecule has 0 saturated carbocycles. The molecule has 21 heavy (non-hydrogen) atoms. The van der Waals surface area contributed by atoms with E-state index < -0.39 is 29.1 Å². The van der Waals surface area contributed by atoms with Crippen LogP contribution in [0.1, 0.15) is 30.3 Å². The Bertz CT molecular complexity index is 590. The Morgan fingerprint density at radius 2 is 1.90 bits per heavy atom. The lowest BCUT2D eigenvalue weighted by Crippen LogP contribution is -2.36. The molecule has 0 saturated heterocycles. The van der Waals surface area contributed by atoms with Crippen molar-refractivity contribution in [1.29, 1.82) is 0 Å². The first-order valence-corrected chi connectivity index (χ1v) is 7.33. The lowest BCUT2D eigenvalue weighted by molar-refractivity contribution is 0.0581. The van der Waals surface area contributed by atoms with Crippen LogP contribution in [-0.2, 0) is 5.60 Å². The Hall–Kier alpha value is -1.37. The first kappa shape index (κ1) is 16.0. The summed E-state index contributed by atoms with van der Waals surface area (Å²) < 4.78 is 39.3. The number of nitrogens with one attached hydrogen (secondary N) is 1. The van der Waals surface area contributed by atoms with Crippen LogP contribution in [-0.4, -0.2) is 11.7 Å². The molecule has 1 heterocycles. The molecule has 2 nitrogen and oxygen atoms in total. The summed E-state index contributed by atoms with van der Waals surface area (Å²) in [6.45, 7) is 3.55. The van der Waals surface area contributed by atoms with Gasteiger partial charge in [0.05, 0.1) is 0 Å². The number of benzene rings is 1. The van der Waals surface area contributed by atoms with E-state index >= 15 is 0 Å². The zero-order chi connectivity index (χ0) is 15.6. The smallest absolute Gasteiger partial charge is 0.194 e. The van der Waals surface area contributed by atoms with Gasteiger partial charge in [0.2, 0.25) is 0 Å². The van der Waals surface area contributed by atoms with Gasteiger partial charge in [-0.05, 0) is 43.0 Å². The SMILES string of the molecule is CC(NCC(C)(O)c1cccs1)c1cc(F)c(F)c(F)c1. The molecule has 1 aromatic heterocycles. The molecule has 6 heteroatoms. The molecule has 0 amide bonds. The maximum Gasteiger partial charge on any atom is 0.194 e. The largest absolute Gasteiger partial charge is 0.383 e. The van der Waals surface area contributed by atoms with Crippen LogP contribution in [0, 0.1) is 17.5 Å². The van der Waals surface area contributed by atoms with Crippen LogP contribution in [0.4, 0.5) is 13.2 Å². The third-order valence-electron chi connectivity index (χ3n) is 3.31. The van der Waals surface area contributed by atoms with E-state index in [2.05, 4.69) is 5.32 Å². The van der Waals surface area contributed by atoms with Gasteiger partial charge in [-0.2, -0.15) is 0 Å². The number of thiophene rings is 1. The van der Waals surface area contributed by atoms with Crippen molar-refractivity contribution < 1.29 is 18.3 Å². The minimum absolute atomic E-state index is 0.204. The number of rotatable bonds is 5. The third-order valence-corrected chi connectivity index (χ3v) is 4.43. The predicted molar refractivity (Wildman–Crippen MR) is 76.6 cm³/mol. The summed E-state index contributed by atoms with van der Waals surface area (Å²) in [5.74, 6) is -3.91. The van der Waals surface area contributed by atoms with E-state index in [9.17, 15) is 18.3 Å². The van der Waals surface area contributed by atoms with E-state index in [4.69, 9.17) is 0 Å². The van der Waals surface area contributed by atoms with Crippen LogP contribution in [0.3, 0.4) is 0 Å². The standard InChI is InChI=1S/C15H16F3NOS/c1-9(10-6-11(16)14(18)12(17)7-10)19-8-15(2,20)13-4-3-5-21-13/h3-7,9,19-20H,8H2,1-2H3. The zero-order valence-corrected chi connectivity index (χ0v) is 12.5. The summed E-state index contributed by atoms with van der Waals surface area (Å²) in [5.41, 5.74) is -0.798. The van der Waals surface area contributed by atoms with Crippen molar-refractivity contribution in [1.82, 2.24) is 5.32 Å². The molecule has 2 rings (SSSR count). The van der Waals surface area contributed by atoms with Gasteiger partial charge in [-0.1, -0.05) is 6.07 Å². The Labute approximate surface area is 125 Å². The Balaban J connectivity index is 2.07. The minimum atomic E-state index is -1.48. The second kappa shape index (κ2) is 6.17. The van der Waals surface area contributed by atoms with Crippen LogP contribution in [0.2, 0.25) is 0 Å². The average molecular weight is 315 g/mol. The van der Waals surface area contributed by atoms with Gasteiger partial charge < -0.3 is 10.4 Å². The van der Waals surface area contributed by atoms with Crippen LogP contribution < -0.4 is 5.32 Å². The summed E-state index contributed by atoms with van der Waals surface area (Å²) in [6.07, 6.45) is 0. The van der Waals surface area contributed by atoms with Crippen molar-refractivity contribution >= 4 is 11.3 Å². The normalized spacial score (nSPS) is 15.7. The van der Waals surface area contributed by atoms with Gasteiger partial charge in [0.1, 0.15) is 5.60 Å². The molecule has 1 aromatic carbocycles. The van der Waals surface area contributed by atoms with Gasteiger partial charge >= 0.3 is 0 Å². The minimum Gasteiger partial charge on any atom is -0.383 e. The number of halogens is 3. The summed E-state index contributed by atoms with van der Waals surface area (Å²) in [5, 5.41) is 15.2. The second-order valence-electron chi connectivity index (χ2n) is 5.15. The van der Waals surface area contributed by atoms with E-state index in [0.717, 1.165) is 17.0 Å². The molecule has 2 N–H and O–H groups in total. The van der Waals surface area contributed by atoms with E-state index in [-0.39, 0.29) is 12.1 Å². The topological polar surface area (TPSA) is 32.3 Å². The molecule has 0 aliphatic carbocycles. The quantitative estimate of drug-likeness (QED) is 0.824. The molecule has 0 bridgehead atoms. The lowest BCUT2D eigenvalue weighted by Gasteiger charge is -2.25. The van der Waals surface area contributed by atoms with Crippen LogP contribution in [0.25, 0.3) is 0 Å². The fraction of sp³-hybridized carbons (Fsp3) is 0.333. The molecular weight excluding hydrogens is 299 g/mol. The molecular formula is C15H16F3NOS. The first-order chi connectivity index (χ1) is 9.81. The predicted octanol–water partition coefficient (Wildman–Crippen LogP) is 3.72. The van der Waals surface area contributed by atoms with E-state index in [1.807, 2.05) is 17.5 Å². The highest BCUT2D eigenvalue weighted by molar-refractivity contribution is 7.10. The molecule has 0 spiro atoms. The maximum atomic E-state index is 13.2. The molecule has 0 fully saturated rings. The van der Waals surface area contributed by atoms with Crippen molar-refractivity contribution in [3.8, 4) is 0 Å². The molecule has 2 atom stereocenters. The highest BCUT2D eigenvalue weighted by Gasteiger charge is 2.25. The van der Waals surface area contributed by atoms with Crippen LogP contribution >= 0.6 is 11.3 Å². The number of aliphatic hydroxyl groups is 1. The van der Waals surface area contributed by atoms with Crippen LogP contribution in [0.5, 0.6) is 0 Å². The highest BCUT2D eigenvalue weighted by Crippen LogP contribution is 2.26. The van der Waals surface area contributed by atoms with Gasteiger partial charge in [-0.25, -0.2) is 13.2 Å². The molecule has 0 aliphatic heterocycles. The highest BCUT2D eigenvalue weighted by atomic mass is 32.1. The van der Waals surface area contributed by atoms with Gasteiger partial charge in [-0.3, -0.25) is 0 Å². The van der Waals surface area contributed by atoms with Crippen molar-refractivity contribution in [2.45, 2.75) is 25.5 Å². The first-order valence-electron chi connectivity index (χ1n) is 6.45. The maximum absolute atomic E-state index is 13.2. The lowest BCUT2D eigenvalue weighted by atomic mass is 10.0. The number of hydrogen-bond donors (Lipinski definition) is 2. The molecule has 0 aliphatic rings. The fourth-order valence-corrected chi connectivity index (χ4v) is 2.75. The van der Waals surface area contributed by atoms with Crippen molar-refractivity contribution in [2.75, 3.05) is 6.54 Å². The monoisotopic (exact) mass is 315 g/mol. The van der Waals surface area contributed by atoms with Crippen molar-refractivity contribution in [2.24, 2.45) is 0 Å². The summed E-state index contributed by atoms with van der Waals surface area (Å²) in [4.78, 5) is 0.790.